The summed E-state index contributed by atoms with van der Waals surface area (Å²) in [5.41, 5.74) is -0.331. The van der Waals surface area contributed by atoms with Gasteiger partial charge in [0.15, 0.2) is 6.29 Å². The lowest BCUT2D eigenvalue weighted by atomic mass is 10.0. The topological polar surface area (TPSA) is 87.4 Å². The first-order valence-electron chi connectivity index (χ1n) is 4.87. The van der Waals surface area contributed by atoms with Crippen molar-refractivity contribution in [3.63, 3.8) is 0 Å². The fourth-order valence-corrected chi connectivity index (χ4v) is 1.34. The van der Waals surface area contributed by atoms with Crippen LogP contribution in [0.25, 0.3) is 6.08 Å². The summed E-state index contributed by atoms with van der Waals surface area (Å²) in [7, 11) is 0. The van der Waals surface area contributed by atoms with E-state index in [0.717, 1.165) is 18.2 Å². The number of aldehydes is 1. The third-order valence-corrected chi connectivity index (χ3v) is 2.01. The molecule has 1 rings (SSSR count). The fraction of sp³-hybridized carbons (Fsp3) is 0.0833. The molecule has 0 aliphatic rings. The predicted molar refractivity (Wildman–Crippen MR) is 59.8 cm³/mol. The van der Waals surface area contributed by atoms with Crippen LogP contribution in [0.15, 0.2) is 18.2 Å². The van der Waals surface area contributed by atoms with E-state index < -0.39 is 18.3 Å². The maximum atomic E-state index is 12.3. The van der Waals surface area contributed by atoms with Gasteiger partial charge in [0.1, 0.15) is 5.75 Å². The zero-order valence-electron chi connectivity index (χ0n) is 9.34. The highest BCUT2D eigenvalue weighted by atomic mass is 19.3. The summed E-state index contributed by atoms with van der Waals surface area (Å²) in [6, 6.07) is 3.94. The van der Waals surface area contributed by atoms with E-state index in [-0.39, 0.29) is 23.0 Å². The molecule has 0 saturated carbocycles. The third-order valence-electron chi connectivity index (χ3n) is 2.01. The van der Waals surface area contributed by atoms with Crippen LogP contribution in [0.5, 0.6) is 5.75 Å². The first-order valence-corrected chi connectivity index (χ1v) is 4.87. The van der Waals surface area contributed by atoms with Crippen LogP contribution in [-0.2, 0) is 4.79 Å². The molecule has 0 aliphatic heterocycles. The van der Waals surface area contributed by atoms with Gasteiger partial charge in [0.25, 0.3) is 0 Å². The average Bonchev–Trinajstić information content (AvgIpc) is 2.36. The molecule has 5 nitrogen and oxygen atoms in total. The van der Waals surface area contributed by atoms with Crippen molar-refractivity contribution < 1.29 is 28.2 Å². The van der Waals surface area contributed by atoms with E-state index in [2.05, 4.69) is 4.74 Å². The number of halogens is 2. The number of ether oxygens (including phenoxy) is 1. The summed E-state index contributed by atoms with van der Waals surface area (Å²) >= 11 is 0. The van der Waals surface area contributed by atoms with Crippen molar-refractivity contribution in [1.29, 1.82) is 5.26 Å². The van der Waals surface area contributed by atoms with Crippen molar-refractivity contribution in [1.82, 2.24) is 0 Å². The van der Waals surface area contributed by atoms with Gasteiger partial charge >= 0.3 is 12.6 Å². The average molecular weight is 267 g/mol. The molecule has 7 heteroatoms. The molecule has 0 radical (unpaired) electrons. The summed E-state index contributed by atoms with van der Waals surface area (Å²) in [6.07, 6.45) is 1.90. The van der Waals surface area contributed by atoms with E-state index in [9.17, 15) is 18.4 Å². The Bertz CT molecular complexity index is 576. The Balaban J connectivity index is 3.41. The van der Waals surface area contributed by atoms with Gasteiger partial charge in [0.05, 0.1) is 17.2 Å². The molecule has 0 heterocycles. The number of nitriles is 1. The molecule has 0 saturated heterocycles. The molecule has 0 unspecified atom stereocenters. The number of carbonyl (C=O) groups is 2. The number of benzene rings is 1. The predicted octanol–water partition coefficient (Wildman–Crippen LogP) is 2.07. The number of aliphatic carboxylic acids is 1. The Kier molecular flexibility index (Phi) is 4.71. The molecule has 0 spiro atoms. The second kappa shape index (κ2) is 6.26. The van der Waals surface area contributed by atoms with Crippen molar-refractivity contribution in [2.24, 2.45) is 0 Å². The SMILES string of the molecule is N#Cc1cc(C=O)c(OC(F)F)c(/C=C/C(=O)O)c1. The lowest BCUT2D eigenvalue weighted by molar-refractivity contribution is -0.131. The smallest absolute Gasteiger partial charge is 0.387 e. The summed E-state index contributed by atoms with van der Waals surface area (Å²) in [6.45, 7) is -3.18. The van der Waals surface area contributed by atoms with Crippen LogP contribution in [0.2, 0.25) is 0 Å². The van der Waals surface area contributed by atoms with E-state index in [1.54, 1.807) is 6.07 Å². The molecule has 98 valence electrons. The van der Waals surface area contributed by atoms with E-state index in [1.807, 2.05) is 0 Å². The number of alkyl halides is 2. The van der Waals surface area contributed by atoms with Crippen LogP contribution < -0.4 is 4.74 Å². The number of carboxylic acid groups (broad SMARTS) is 1. The van der Waals surface area contributed by atoms with Gasteiger partial charge in [-0.15, -0.1) is 0 Å². The molecule has 0 bridgehead atoms. The van der Waals surface area contributed by atoms with Crippen molar-refractivity contribution in [2.45, 2.75) is 6.61 Å². The largest absolute Gasteiger partial charge is 0.478 e. The van der Waals surface area contributed by atoms with Gasteiger partial charge in [-0.1, -0.05) is 0 Å². The van der Waals surface area contributed by atoms with Gasteiger partial charge in [-0.3, -0.25) is 4.79 Å². The molecular weight excluding hydrogens is 260 g/mol. The second-order valence-electron chi connectivity index (χ2n) is 3.26. The van der Waals surface area contributed by atoms with Crippen LogP contribution in [0, 0.1) is 11.3 Å². The highest BCUT2D eigenvalue weighted by molar-refractivity contribution is 5.88. The molecule has 1 aromatic carbocycles. The first-order chi connectivity index (χ1) is 8.97. The number of hydrogen-bond donors (Lipinski definition) is 1. The summed E-state index contributed by atoms with van der Waals surface area (Å²) < 4.78 is 28.7. The molecule has 0 amide bonds. The molecule has 1 N–H and O–H groups in total. The number of hydrogen-bond acceptors (Lipinski definition) is 4. The van der Waals surface area contributed by atoms with Crippen molar-refractivity contribution in [3.8, 4) is 11.8 Å². The number of rotatable bonds is 5. The van der Waals surface area contributed by atoms with Gasteiger partial charge in [-0.2, -0.15) is 14.0 Å². The lowest BCUT2D eigenvalue weighted by Crippen LogP contribution is -2.06. The van der Waals surface area contributed by atoms with Gasteiger partial charge < -0.3 is 9.84 Å². The second-order valence-corrected chi connectivity index (χ2v) is 3.26. The molecular formula is C12H7F2NO4. The molecule has 19 heavy (non-hydrogen) atoms. The van der Waals surface area contributed by atoms with Crippen LogP contribution in [0.1, 0.15) is 21.5 Å². The zero-order valence-corrected chi connectivity index (χ0v) is 9.34. The normalized spacial score (nSPS) is 10.4. The van der Waals surface area contributed by atoms with Crippen molar-refractivity contribution in [2.75, 3.05) is 0 Å². The molecule has 0 aliphatic carbocycles. The van der Waals surface area contributed by atoms with Gasteiger partial charge in [-0.25, -0.2) is 4.79 Å². The van der Waals surface area contributed by atoms with Gasteiger partial charge in [0, 0.05) is 11.6 Å². The Hall–Kier alpha value is -2.75. The molecule has 0 fully saturated rings. The number of nitrogens with zero attached hydrogens (tertiary/aromatic N) is 1. The fourth-order valence-electron chi connectivity index (χ4n) is 1.34. The zero-order chi connectivity index (χ0) is 14.4. The quantitative estimate of drug-likeness (QED) is 0.651. The maximum Gasteiger partial charge on any atom is 0.387 e. The monoisotopic (exact) mass is 267 g/mol. The van der Waals surface area contributed by atoms with E-state index >= 15 is 0 Å². The van der Waals surface area contributed by atoms with Crippen LogP contribution in [0.4, 0.5) is 8.78 Å². The van der Waals surface area contributed by atoms with Gasteiger partial charge in [-0.05, 0) is 18.2 Å². The first kappa shape index (κ1) is 14.3. The minimum absolute atomic E-state index is 0.0220. The Labute approximate surface area is 106 Å². The third kappa shape index (κ3) is 3.89. The van der Waals surface area contributed by atoms with Gasteiger partial charge in [0.2, 0.25) is 0 Å². The van der Waals surface area contributed by atoms with Crippen LogP contribution >= 0.6 is 0 Å². The van der Waals surface area contributed by atoms with Crippen LogP contribution in [-0.4, -0.2) is 24.0 Å². The molecule has 1 aromatic rings. The summed E-state index contributed by atoms with van der Waals surface area (Å²) in [4.78, 5) is 21.2. The Morgan fingerprint density at radius 1 is 1.42 bits per heavy atom. The lowest BCUT2D eigenvalue weighted by Gasteiger charge is -2.10. The summed E-state index contributed by atoms with van der Waals surface area (Å²) in [5, 5.41) is 17.2. The highest BCUT2D eigenvalue weighted by Crippen LogP contribution is 2.27. The Morgan fingerprint density at radius 2 is 2.05 bits per heavy atom. The maximum absolute atomic E-state index is 12.3. The highest BCUT2D eigenvalue weighted by Gasteiger charge is 2.15. The minimum atomic E-state index is -3.18. The van der Waals surface area contributed by atoms with E-state index in [1.165, 1.54) is 0 Å². The van der Waals surface area contributed by atoms with Crippen molar-refractivity contribution >= 4 is 18.3 Å². The molecule has 0 atom stereocenters. The number of carbonyl (C=O) groups excluding carboxylic acids is 1. The van der Waals surface area contributed by atoms with E-state index in [4.69, 9.17) is 10.4 Å². The molecule has 0 aromatic heterocycles. The summed E-state index contributed by atoms with van der Waals surface area (Å²) in [5.74, 6) is -1.78. The number of carboxylic acids is 1. The van der Waals surface area contributed by atoms with Crippen molar-refractivity contribution in [3.05, 3.63) is 34.9 Å². The van der Waals surface area contributed by atoms with E-state index in [0.29, 0.717) is 6.08 Å². The minimum Gasteiger partial charge on any atom is -0.478 e. The van der Waals surface area contributed by atoms with Crippen LogP contribution in [0.3, 0.4) is 0 Å². The standard InChI is InChI=1S/C12H7F2NO4/c13-12(14)19-11-8(1-2-10(17)18)3-7(5-15)4-9(11)6-16/h1-4,6,12H,(H,17,18)/b2-1+. The Morgan fingerprint density at radius 3 is 2.53 bits per heavy atom.